The summed E-state index contributed by atoms with van der Waals surface area (Å²) in [6.07, 6.45) is 3.70. The van der Waals surface area contributed by atoms with E-state index in [1.165, 1.54) is 0 Å². The van der Waals surface area contributed by atoms with E-state index in [0.717, 1.165) is 23.9 Å². The monoisotopic (exact) mass is 338 g/mol. The van der Waals surface area contributed by atoms with Crippen LogP contribution in [0.2, 0.25) is 0 Å². The minimum atomic E-state index is -0.0892. The zero-order valence-corrected chi connectivity index (χ0v) is 12.9. The van der Waals surface area contributed by atoms with Gasteiger partial charge in [0.05, 0.1) is 6.04 Å². The van der Waals surface area contributed by atoms with Gasteiger partial charge in [-0.3, -0.25) is 4.79 Å². The van der Waals surface area contributed by atoms with Gasteiger partial charge < -0.3 is 14.0 Å². The number of aromatic nitrogens is 3. The fourth-order valence-corrected chi connectivity index (χ4v) is 3.14. The molecule has 0 aliphatic carbocycles. The van der Waals surface area contributed by atoms with E-state index in [0.29, 0.717) is 17.4 Å². The molecular weight excluding hydrogens is 324 g/mol. The summed E-state index contributed by atoms with van der Waals surface area (Å²) in [6, 6.07) is 1.74. The summed E-state index contributed by atoms with van der Waals surface area (Å²) in [5.41, 5.74) is 0.656. The molecule has 3 heterocycles. The highest BCUT2D eigenvalue weighted by atomic mass is 79.9. The van der Waals surface area contributed by atoms with Gasteiger partial charge in [0.1, 0.15) is 5.69 Å². The second-order valence-electron chi connectivity index (χ2n) is 4.98. The minimum Gasteiger partial charge on any atom is -0.345 e. The van der Waals surface area contributed by atoms with Crippen LogP contribution in [0.1, 0.15) is 41.1 Å². The van der Waals surface area contributed by atoms with E-state index < -0.39 is 0 Å². The number of amides is 1. The largest absolute Gasteiger partial charge is 0.345 e. The molecule has 1 aliphatic heterocycles. The number of aryl methyl sites for hydroxylation is 2. The Balaban J connectivity index is 1.89. The molecular formula is C13H15BrN4O2. The maximum absolute atomic E-state index is 12.7. The minimum absolute atomic E-state index is 0.00292. The van der Waals surface area contributed by atoms with Crippen LogP contribution in [-0.2, 0) is 7.05 Å². The van der Waals surface area contributed by atoms with Crippen LogP contribution < -0.4 is 0 Å². The summed E-state index contributed by atoms with van der Waals surface area (Å²) in [5.74, 6) is 1.13. The van der Waals surface area contributed by atoms with Crippen molar-refractivity contribution in [2.75, 3.05) is 6.54 Å². The van der Waals surface area contributed by atoms with Crippen LogP contribution in [0.5, 0.6) is 0 Å². The number of halogens is 1. The van der Waals surface area contributed by atoms with Crippen molar-refractivity contribution in [1.29, 1.82) is 0 Å². The van der Waals surface area contributed by atoms with Crippen LogP contribution in [0.3, 0.4) is 0 Å². The van der Waals surface area contributed by atoms with Crippen LogP contribution in [0, 0.1) is 6.92 Å². The van der Waals surface area contributed by atoms with Crippen LogP contribution >= 0.6 is 15.9 Å². The molecule has 20 heavy (non-hydrogen) atoms. The molecule has 7 heteroatoms. The molecule has 0 radical (unpaired) electrons. The molecule has 1 aliphatic rings. The first-order chi connectivity index (χ1) is 9.56. The summed E-state index contributed by atoms with van der Waals surface area (Å²) in [5, 5.41) is 3.96. The Labute approximate surface area is 124 Å². The molecule has 0 saturated carbocycles. The number of rotatable bonds is 2. The van der Waals surface area contributed by atoms with Gasteiger partial charge in [0.25, 0.3) is 5.91 Å². The topological polar surface area (TPSA) is 64.2 Å². The van der Waals surface area contributed by atoms with Gasteiger partial charge in [-0.2, -0.15) is 4.98 Å². The van der Waals surface area contributed by atoms with Crippen LogP contribution in [0.4, 0.5) is 0 Å². The second kappa shape index (κ2) is 5.05. The van der Waals surface area contributed by atoms with E-state index in [-0.39, 0.29) is 11.9 Å². The number of nitrogens with zero attached hydrogens (tertiary/aromatic N) is 4. The van der Waals surface area contributed by atoms with Crippen molar-refractivity contribution in [2.24, 2.45) is 7.05 Å². The van der Waals surface area contributed by atoms with Crippen LogP contribution in [0.25, 0.3) is 0 Å². The van der Waals surface area contributed by atoms with Crippen molar-refractivity contribution < 1.29 is 9.32 Å². The van der Waals surface area contributed by atoms with Gasteiger partial charge in [0.2, 0.25) is 5.89 Å². The van der Waals surface area contributed by atoms with E-state index in [4.69, 9.17) is 4.52 Å². The number of carbonyl (C=O) groups excluding carboxylic acids is 1. The molecule has 0 aromatic carbocycles. The van der Waals surface area contributed by atoms with E-state index in [1.807, 2.05) is 28.8 Å². The van der Waals surface area contributed by atoms with Crippen LogP contribution in [-0.4, -0.2) is 32.1 Å². The van der Waals surface area contributed by atoms with Gasteiger partial charge in [-0.15, -0.1) is 0 Å². The zero-order chi connectivity index (χ0) is 14.3. The molecule has 0 unspecified atom stereocenters. The third kappa shape index (κ3) is 2.26. The van der Waals surface area contributed by atoms with Gasteiger partial charge in [0, 0.05) is 31.2 Å². The van der Waals surface area contributed by atoms with Gasteiger partial charge in [-0.05, 0) is 34.8 Å². The smallest absolute Gasteiger partial charge is 0.271 e. The van der Waals surface area contributed by atoms with E-state index >= 15 is 0 Å². The lowest BCUT2D eigenvalue weighted by atomic mass is 10.2. The van der Waals surface area contributed by atoms with Crippen molar-refractivity contribution in [3.8, 4) is 0 Å². The molecule has 0 N–H and O–H groups in total. The van der Waals surface area contributed by atoms with Crippen molar-refractivity contribution in [3.05, 3.63) is 34.1 Å². The average Bonchev–Trinajstić information content (AvgIpc) is 3.08. The summed E-state index contributed by atoms with van der Waals surface area (Å²) in [6.45, 7) is 2.48. The normalized spacial score (nSPS) is 18.8. The van der Waals surface area contributed by atoms with Crippen LogP contribution in [0.15, 0.2) is 21.3 Å². The SMILES string of the molecule is Cc1nc([C@H]2CCCN2C(=O)c2cc(Br)cn2C)no1. The highest BCUT2D eigenvalue weighted by Crippen LogP contribution is 2.32. The first-order valence-electron chi connectivity index (χ1n) is 6.49. The lowest BCUT2D eigenvalue weighted by Gasteiger charge is -2.22. The molecule has 1 atom stereocenters. The fraction of sp³-hybridized carbons (Fsp3) is 0.462. The average molecular weight is 339 g/mol. The maximum atomic E-state index is 12.7. The Morgan fingerprint density at radius 2 is 2.35 bits per heavy atom. The molecule has 106 valence electrons. The number of likely N-dealkylation sites (tertiary alicyclic amines) is 1. The molecule has 1 saturated heterocycles. The summed E-state index contributed by atoms with van der Waals surface area (Å²) in [7, 11) is 1.86. The van der Waals surface area contributed by atoms with Gasteiger partial charge in [-0.25, -0.2) is 0 Å². The molecule has 3 rings (SSSR count). The third-order valence-corrected chi connectivity index (χ3v) is 3.98. The molecule has 1 fully saturated rings. The number of hydrogen-bond donors (Lipinski definition) is 0. The van der Waals surface area contributed by atoms with Crippen molar-refractivity contribution >= 4 is 21.8 Å². The van der Waals surface area contributed by atoms with Gasteiger partial charge in [0.15, 0.2) is 5.82 Å². The molecule has 6 nitrogen and oxygen atoms in total. The number of carbonyl (C=O) groups is 1. The van der Waals surface area contributed by atoms with Gasteiger partial charge in [-0.1, -0.05) is 5.16 Å². The van der Waals surface area contributed by atoms with Crippen molar-refractivity contribution in [1.82, 2.24) is 19.6 Å². The van der Waals surface area contributed by atoms with Crippen molar-refractivity contribution in [2.45, 2.75) is 25.8 Å². The maximum Gasteiger partial charge on any atom is 0.271 e. The molecule has 2 aromatic rings. The lowest BCUT2D eigenvalue weighted by Crippen LogP contribution is -2.32. The Morgan fingerprint density at radius 1 is 1.55 bits per heavy atom. The van der Waals surface area contributed by atoms with E-state index in [1.54, 1.807) is 6.92 Å². The summed E-state index contributed by atoms with van der Waals surface area (Å²) >= 11 is 3.39. The van der Waals surface area contributed by atoms with Crippen molar-refractivity contribution in [3.63, 3.8) is 0 Å². The Bertz CT molecular complexity index is 649. The quantitative estimate of drug-likeness (QED) is 0.843. The zero-order valence-electron chi connectivity index (χ0n) is 11.3. The Hall–Kier alpha value is -1.63. The highest BCUT2D eigenvalue weighted by molar-refractivity contribution is 9.10. The molecule has 0 spiro atoms. The third-order valence-electron chi connectivity index (χ3n) is 3.55. The first-order valence-corrected chi connectivity index (χ1v) is 7.28. The molecule has 2 aromatic heterocycles. The predicted octanol–water partition coefficient (Wildman–Crippen LogP) is 2.46. The van der Waals surface area contributed by atoms with Gasteiger partial charge >= 0.3 is 0 Å². The molecule has 0 bridgehead atoms. The fourth-order valence-electron chi connectivity index (χ4n) is 2.61. The number of hydrogen-bond acceptors (Lipinski definition) is 4. The Morgan fingerprint density at radius 3 is 2.95 bits per heavy atom. The first kappa shape index (κ1) is 13.4. The Kier molecular flexibility index (Phi) is 3.37. The standard InChI is InChI=1S/C13H15BrN4O2/c1-8-15-12(16-20-8)10-4-3-5-18(10)13(19)11-6-9(14)7-17(11)2/h6-7,10H,3-5H2,1-2H3/t10-/m1/s1. The predicted molar refractivity (Wildman–Crippen MR) is 75.2 cm³/mol. The van der Waals surface area contributed by atoms with E-state index in [2.05, 4.69) is 26.1 Å². The highest BCUT2D eigenvalue weighted by Gasteiger charge is 2.34. The lowest BCUT2D eigenvalue weighted by molar-refractivity contribution is 0.0718. The molecule has 1 amide bonds. The summed E-state index contributed by atoms with van der Waals surface area (Å²) in [4.78, 5) is 18.8. The second-order valence-corrected chi connectivity index (χ2v) is 5.90. The summed E-state index contributed by atoms with van der Waals surface area (Å²) < 4.78 is 7.75. The van der Waals surface area contributed by atoms with E-state index in [9.17, 15) is 4.79 Å².